The number of rotatable bonds is 5. The molecule has 2 rings (SSSR count). The van der Waals surface area contributed by atoms with Gasteiger partial charge < -0.3 is 19.5 Å². The largest absolute Gasteiger partial charge is 0.445 e. The molecule has 1 fully saturated rings. The van der Waals surface area contributed by atoms with Gasteiger partial charge in [-0.1, -0.05) is 30.3 Å². The van der Waals surface area contributed by atoms with E-state index in [0.29, 0.717) is 6.61 Å². The number of amides is 1. The molecular formula is C14H17NO5. The summed E-state index contributed by atoms with van der Waals surface area (Å²) in [6.07, 6.45) is -1.25. The highest BCUT2D eigenvalue weighted by Gasteiger charge is 2.36. The molecule has 6 heteroatoms. The molecule has 1 aliphatic rings. The smallest absolute Gasteiger partial charge is 0.407 e. The standard InChI is InChI=1S/C14H17NO5/c1-2-18-13-11(8-12(16)20-13)15-14(17)19-9-10-6-4-3-5-7-10/h3-7,11,13H,2,8-9H2,1H3,(H,15,17)/t11-,13+/m0/s1. The molecule has 6 nitrogen and oxygen atoms in total. The van der Waals surface area contributed by atoms with Gasteiger partial charge in [-0.2, -0.15) is 0 Å². The van der Waals surface area contributed by atoms with Gasteiger partial charge in [0.05, 0.1) is 6.42 Å². The Morgan fingerprint density at radius 2 is 2.15 bits per heavy atom. The first kappa shape index (κ1) is 14.3. The maximum Gasteiger partial charge on any atom is 0.407 e. The van der Waals surface area contributed by atoms with Crippen LogP contribution >= 0.6 is 0 Å². The predicted molar refractivity (Wildman–Crippen MR) is 69.7 cm³/mol. The van der Waals surface area contributed by atoms with Crippen molar-refractivity contribution in [1.82, 2.24) is 5.32 Å². The molecule has 0 unspecified atom stereocenters. The monoisotopic (exact) mass is 279 g/mol. The number of ether oxygens (including phenoxy) is 3. The number of hydrogen-bond donors (Lipinski definition) is 1. The zero-order valence-electron chi connectivity index (χ0n) is 11.2. The Balaban J connectivity index is 1.80. The van der Waals surface area contributed by atoms with E-state index in [-0.39, 0.29) is 13.0 Å². The van der Waals surface area contributed by atoms with Crippen LogP contribution in [0.25, 0.3) is 0 Å². The molecule has 0 spiro atoms. The second kappa shape index (κ2) is 6.91. The third kappa shape index (κ3) is 3.96. The van der Waals surface area contributed by atoms with Gasteiger partial charge in [-0.3, -0.25) is 4.79 Å². The summed E-state index contributed by atoms with van der Waals surface area (Å²) in [5.41, 5.74) is 0.891. The van der Waals surface area contributed by atoms with E-state index in [4.69, 9.17) is 14.2 Å². The van der Waals surface area contributed by atoms with Crippen molar-refractivity contribution in [3.8, 4) is 0 Å². The average Bonchev–Trinajstić information content (AvgIpc) is 2.78. The number of carbonyl (C=O) groups is 2. The highest BCUT2D eigenvalue weighted by molar-refractivity contribution is 5.75. The minimum absolute atomic E-state index is 0.0884. The lowest BCUT2D eigenvalue weighted by atomic mass is 10.2. The van der Waals surface area contributed by atoms with Crippen LogP contribution in [0.5, 0.6) is 0 Å². The summed E-state index contributed by atoms with van der Waals surface area (Å²) < 4.78 is 15.3. The fraction of sp³-hybridized carbons (Fsp3) is 0.429. The van der Waals surface area contributed by atoms with Crippen LogP contribution in [0.15, 0.2) is 30.3 Å². The molecule has 1 heterocycles. The van der Waals surface area contributed by atoms with E-state index in [9.17, 15) is 9.59 Å². The van der Waals surface area contributed by atoms with E-state index in [2.05, 4.69) is 5.32 Å². The molecule has 20 heavy (non-hydrogen) atoms. The Morgan fingerprint density at radius 3 is 2.85 bits per heavy atom. The zero-order valence-corrected chi connectivity index (χ0v) is 11.2. The van der Waals surface area contributed by atoms with Crippen LogP contribution in [0.4, 0.5) is 4.79 Å². The lowest BCUT2D eigenvalue weighted by molar-refractivity contribution is -0.163. The van der Waals surface area contributed by atoms with Crippen molar-refractivity contribution in [2.24, 2.45) is 0 Å². The summed E-state index contributed by atoms with van der Waals surface area (Å²) >= 11 is 0. The van der Waals surface area contributed by atoms with Crippen LogP contribution in [-0.4, -0.2) is 31.0 Å². The van der Waals surface area contributed by atoms with Gasteiger partial charge in [0.2, 0.25) is 6.29 Å². The van der Waals surface area contributed by atoms with Crippen LogP contribution in [-0.2, 0) is 25.6 Å². The number of nitrogens with one attached hydrogen (secondary N) is 1. The quantitative estimate of drug-likeness (QED) is 0.828. The average molecular weight is 279 g/mol. The van der Waals surface area contributed by atoms with Crippen molar-refractivity contribution in [2.75, 3.05) is 6.61 Å². The second-order valence-corrected chi connectivity index (χ2v) is 4.33. The lowest BCUT2D eigenvalue weighted by Crippen LogP contribution is -2.41. The van der Waals surface area contributed by atoms with E-state index in [1.54, 1.807) is 6.92 Å². The number of benzene rings is 1. The Hall–Kier alpha value is -2.08. The van der Waals surface area contributed by atoms with Crippen LogP contribution in [0, 0.1) is 0 Å². The number of alkyl carbamates (subject to hydrolysis) is 1. The third-order valence-corrected chi connectivity index (χ3v) is 2.81. The van der Waals surface area contributed by atoms with Gasteiger partial charge in [-0.25, -0.2) is 4.79 Å². The molecule has 0 saturated carbocycles. The summed E-state index contributed by atoms with van der Waals surface area (Å²) in [6.45, 7) is 2.36. The number of hydrogen-bond acceptors (Lipinski definition) is 5. The van der Waals surface area contributed by atoms with Gasteiger partial charge >= 0.3 is 12.1 Å². The van der Waals surface area contributed by atoms with Gasteiger partial charge in [-0.15, -0.1) is 0 Å². The summed E-state index contributed by atoms with van der Waals surface area (Å²) in [7, 11) is 0. The van der Waals surface area contributed by atoms with Crippen LogP contribution in [0.1, 0.15) is 18.9 Å². The fourth-order valence-corrected chi connectivity index (χ4v) is 1.89. The first-order valence-corrected chi connectivity index (χ1v) is 6.47. The van der Waals surface area contributed by atoms with Crippen LogP contribution in [0.2, 0.25) is 0 Å². The van der Waals surface area contributed by atoms with Crippen LogP contribution in [0.3, 0.4) is 0 Å². The van der Waals surface area contributed by atoms with Crippen molar-refractivity contribution in [3.05, 3.63) is 35.9 Å². The maximum absolute atomic E-state index is 11.7. The fourth-order valence-electron chi connectivity index (χ4n) is 1.89. The molecule has 0 radical (unpaired) electrons. The summed E-state index contributed by atoms with van der Waals surface area (Å²) in [5, 5.41) is 2.58. The highest BCUT2D eigenvalue weighted by Crippen LogP contribution is 2.16. The van der Waals surface area contributed by atoms with Gasteiger partial charge in [0.25, 0.3) is 0 Å². The molecule has 0 bridgehead atoms. The number of carbonyl (C=O) groups excluding carboxylic acids is 2. The highest BCUT2D eigenvalue weighted by atomic mass is 16.7. The molecule has 1 aromatic carbocycles. The lowest BCUT2D eigenvalue weighted by Gasteiger charge is -2.18. The topological polar surface area (TPSA) is 73.9 Å². The Morgan fingerprint density at radius 1 is 1.40 bits per heavy atom. The van der Waals surface area contributed by atoms with Gasteiger partial charge in [-0.05, 0) is 12.5 Å². The molecule has 1 amide bonds. The van der Waals surface area contributed by atoms with Crippen molar-refractivity contribution in [2.45, 2.75) is 32.3 Å². The first-order valence-electron chi connectivity index (χ1n) is 6.47. The summed E-state index contributed by atoms with van der Waals surface area (Å²) in [5.74, 6) is -0.392. The molecule has 0 aliphatic carbocycles. The van der Waals surface area contributed by atoms with Gasteiger partial charge in [0, 0.05) is 6.61 Å². The normalized spacial score (nSPS) is 21.4. The Labute approximate surface area is 117 Å². The molecule has 2 atom stereocenters. The maximum atomic E-state index is 11.7. The van der Waals surface area contributed by atoms with E-state index in [1.807, 2.05) is 30.3 Å². The number of cyclic esters (lactones) is 1. The Bertz CT molecular complexity index is 462. The summed E-state index contributed by atoms with van der Waals surface area (Å²) in [6, 6.07) is 8.83. The first-order chi connectivity index (χ1) is 9.69. The van der Waals surface area contributed by atoms with Crippen molar-refractivity contribution in [1.29, 1.82) is 0 Å². The molecule has 1 saturated heterocycles. The van der Waals surface area contributed by atoms with Crippen molar-refractivity contribution >= 4 is 12.1 Å². The van der Waals surface area contributed by atoms with E-state index in [0.717, 1.165) is 5.56 Å². The Kier molecular flexibility index (Phi) is 4.95. The van der Waals surface area contributed by atoms with Gasteiger partial charge in [0.15, 0.2) is 0 Å². The van der Waals surface area contributed by atoms with Crippen molar-refractivity contribution in [3.63, 3.8) is 0 Å². The molecule has 1 N–H and O–H groups in total. The van der Waals surface area contributed by atoms with Crippen LogP contribution < -0.4 is 5.32 Å². The predicted octanol–water partition coefficient (Wildman–Crippen LogP) is 1.59. The SMILES string of the molecule is CCO[C@@H]1OC(=O)C[C@@H]1NC(=O)OCc1ccccc1. The van der Waals surface area contributed by atoms with E-state index < -0.39 is 24.4 Å². The van der Waals surface area contributed by atoms with E-state index >= 15 is 0 Å². The van der Waals surface area contributed by atoms with E-state index in [1.165, 1.54) is 0 Å². The molecule has 0 aromatic heterocycles. The summed E-state index contributed by atoms with van der Waals surface area (Å²) in [4.78, 5) is 22.9. The van der Waals surface area contributed by atoms with Gasteiger partial charge in [0.1, 0.15) is 12.6 Å². The third-order valence-electron chi connectivity index (χ3n) is 2.81. The molecule has 1 aromatic rings. The second-order valence-electron chi connectivity index (χ2n) is 4.33. The number of esters is 1. The minimum Gasteiger partial charge on any atom is -0.445 e. The molecular weight excluding hydrogens is 262 g/mol. The minimum atomic E-state index is -0.739. The molecule has 108 valence electrons. The zero-order chi connectivity index (χ0) is 14.4. The van der Waals surface area contributed by atoms with Crippen molar-refractivity contribution < 1.29 is 23.8 Å². The molecule has 1 aliphatic heterocycles.